The Labute approximate surface area is 134 Å². The summed E-state index contributed by atoms with van der Waals surface area (Å²) in [5.74, 6) is 0.977. The lowest BCUT2D eigenvalue weighted by Gasteiger charge is -2.31. The lowest BCUT2D eigenvalue weighted by atomic mass is 10.0. The summed E-state index contributed by atoms with van der Waals surface area (Å²) in [5, 5.41) is 7.48. The first kappa shape index (κ1) is 15.1. The number of hydrogen-bond acceptors (Lipinski definition) is 4. The number of benzene rings is 1. The average molecular weight is 316 g/mol. The second-order valence-corrected chi connectivity index (χ2v) is 6.71. The van der Waals surface area contributed by atoms with Gasteiger partial charge in [-0.3, -0.25) is 9.89 Å². The molecule has 6 heteroatoms. The van der Waals surface area contributed by atoms with Gasteiger partial charge in [-0.05, 0) is 31.4 Å². The highest BCUT2D eigenvalue weighted by molar-refractivity contribution is 8.00. The number of carbonyl (C=O) groups excluding carboxylic acids is 1. The van der Waals surface area contributed by atoms with E-state index in [2.05, 4.69) is 21.2 Å². The molecule has 1 aliphatic rings. The number of H-pyrrole nitrogens is 1. The maximum absolute atomic E-state index is 12.8. The van der Waals surface area contributed by atoms with Crippen LogP contribution in [0.1, 0.15) is 31.7 Å². The Hall–Kier alpha value is -1.82. The van der Waals surface area contributed by atoms with Gasteiger partial charge in [0.15, 0.2) is 0 Å². The van der Waals surface area contributed by atoms with Crippen LogP contribution in [0.3, 0.4) is 0 Å². The van der Waals surface area contributed by atoms with Crippen molar-refractivity contribution in [2.45, 2.75) is 43.5 Å². The van der Waals surface area contributed by atoms with Crippen molar-refractivity contribution in [1.82, 2.24) is 15.2 Å². The molecule has 2 aromatic rings. The summed E-state index contributed by atoms with van der Waals surface area (Å²) < 4.78 is 0. The monoisotopic (exact) mass is 316 g/mol. The zero-order valence-corrected chi connectivity index (χ0v) is 13.7. The first-order chi connectivity index (χ1) is 10.7. The number of hydrogen-bond donors (Lipinski definition) is 1. The number of carbonyl (C=O) groups is 1. The second-order valence-electron chi connectivity index (χ2n) is 5.40. The van der Waals surface area contributed by atoms with Gasteiger partial charge < -0.3 is 4.90 Å². The van der Waals surface area contributed by atoms with Crippen LogP contribution in [0, 0.1) is 0 Å². The number of aromatic nitrogens is 3. The molecule has 0 unspecified atom stereocenters. The van der Waals surface area contributed by atoms with E-state index in [1.54, 1.807) is 0 Å². The minimum Gasteiger partial charge on any atom is -0.311 e. The van der Waals surface area contributed by atoms with E-state index in [1.807, 2.05) is 36.9 Å². The van der Waals surface area contributed by atoms with Crippen molar-refractivity contribution in [2.24, 2.45) is 0 Å². The van der Waals surface area contributed by atoms with E-state index in [0.717, 1.165) is 37.3 Å². The van der Waals surface area contributed by atoms with Crippen LogP contribution in [0.4, 0.5) is 5.69 Å². The Morgan fingerprint density at radius 3 is 3.05 bits per heavy atom. The molecule has 0 saturated carbocycles. The molecule has 0 fully saturated rings. The molecule has 0 spiro atoms. The van der Waals surface area contributed by atoms with Gasteiger partial charge in [0.25, 0.3) is 0 Å². The Kier molecular flexibility index (Phi) is 4.47. The molecule has 116 valence electrons. The molecule has 2 heterocycles. The zero-order valence-electron chi connectivity index (χ0n) is 12.9. The quantitative estimate of drug-likeness (QED) is 0.881. The van der Waals surface area contributed by atoms with E-state index in [9.17, 15) is 4.79 Å². The van der Waals surface area contributed by atoms with Crippen molar-refractivity contribution < 1.29 is 4.79 Å². The summed E-state index contributed by atoms with van der Waals surface area (Å²) in [7, 11) is 0. The minimum absolute atomic E-state index is 0.125. The predicted molar refractivity (Wildman–Crippen MR) is 88.2 cm³/mol. The number of nitrogens with zero attached hydrogens (tertiary/aromatic N) is 3. The topological polar surface area (TPSA) is 61.9 Å². The van der Waals surface area contributed by atoms with E-state index in [4.69, 9.17) is 0 Å². The van der Waals surface area contributed by atoms with Gasteiger partial charge in [0.1, 0.15) is 5.82 Å². The van der Waals surface area contributed by atoms with Crippen LogP contribution in [0.2, 0.25) is 0 Å². The molecule has 22 heavy (non-hydrogen) atoms. The number of fused-ring (bicyclic) bond motifs is 1. The standard InChI is InChI=1S/C16H20N4OS/c1-3-14-17-16(19-18-14)22-11(2)15(21)20-10-6-8-12-7-4-5-9-13(12)20/h4-5,7,9,11H,3,6,8,10H2,1-2H3,(H,17,18,19)/t11-/m0/s1. The molecule has 1 N–H and O–H groups in total. The Morgan fingerprint density at radius 1 is 1.45 bits per heavy atom. The SMILES string of the molecule is CCc1nc(S[C@@H](C)C(=O)N2CCCc3ccccc32)n[nH]1. The smallest absolute Gasteiger partial charge is 0.240 e. The molecule has 0 bridgehead atoms. The molecular formula is C16H20N4OS. The molecule has 0 radical (unpaired) electrons. The molecule has 0 aliphatic carbocycles. The van der Waals surface area contributed by atoms with Crippen LogP contribution in [-0.2, 0) is 17.6 Å². The van der Waals surface area contributed by atoms with Crippen LogP contribution in [0.5, 0.6) is 0 Å². The van der Waals surface area contributed by atoms with Gasteiger partial charge in [0.05, 0.1) is 5.25 Å². The van der Waals surface area contributed by atoms with Crippen molar-refractivity contribution in [3.8, 4) is 0 Å². The summed E-state index contributed by atoms with van der Waals surface area (Å²) in [4.78, 5) is 19.1. The number of aryl methyl sites for hydroxylation is 2. The summed E-state index contributed by atoms with van der Waals surface area (Å²) in [6.07, 6.45) is 2.87. The number of para-hydroxylation sites is 1. The molecule has 1 atom stereocenters. The molecular weight excluding hydrogens is 296 g/mol. The van der Waals surface area contributed by atoms with E-state index in [0.29, 0.717) is 5.16 Å². The lowest BCUT2D eigenvalue weighted by Crippen LogP contribution is -2.40. The Morgan fingerprint density at radius 2 is 2.27 bits per heavy atom. The predicted octanol–water partition coefficient (Wildman–Crippen LogP) is 2.83. The normalized spacial score (nSPS) is 15.5. The van der Waals surface area contributed by atoms with E-state index in [-0.39, 0.29) is 11.2 Å². The highest BCUT2D eigenvalue weighted by Gasteiger charge is 2.27. The summed E-state index contributed by atoms with van der Waals surface area (Å²) in [6.45, 7) is 4.73. The maximum atomic E-state index is 12.8. The molecule has 1 amide bonds. The summed E-state index contributed by atoms with van der Waals surface area (Å²) in [5.41, 5.74) is 2.31. The van der Waals surface area contributed by atoms with Crippen LogP contribution in [-0.4, -0.2) is 32.9 Å². The second kappa shape index (κ2) is 6.52. The third-order valence-electron chi connectivity index (χ3n) is 3.85. The van der Waals surface area contributed by atoms with Crippen molar-refractivity contribution in [1.29, 1.82) is 0 Å². The van der Waals surface area contributed by atoms with Gasteiger partial charge >= 0.3 is 0 Å². The minimum atomic E-state index is -0.202. The van der Waals surface area contributed by atoms with Crippen LogP contribution in [0.25, 0.3) is 0 Å². The van der Waals surface area contributed by atoms with Crippen LogP contribution >= 0.6 is 11.8 Å². The fraction of sp³-hybridized carbons (Fsp3) is 0.438. The molecule has 0 saturated heterocycles. The number of nitrogens with one attached hydrogen (secondary N) is 1. The van der Waals surface area contributed by atoms with E-state index >= 15 is 0 Å². The van der Waals surface area contributed by atoms with Gasteiger partial charge in [-0.2, -0.15) is 0 Å². The fourth-order valence-electron chi connectivity index (χ4n) is 2.68. The first-order valence-corrected chi connectivity index (χ1v) is 8.54. The summed E-state index contributed by atoms with van der Waals surface area (Å²) in [6, 6.07) is 8.16. The maximum Gasteiger partial charge on any atom is 0.240 e. The van der Waals surface area contributed by atoms with E-state index < -0.39 is 0 Å². The molecule has 1 aromatic heterocycles. The van der Waals surface area contributed by atoms with Gasteiger partial charge in [-0.1, -0.05) is 36.9 Å². The number of aromatic amines is 1. The average Bonchev–Trinajstić information content (AvgIpc) is 3.01. The van der Waals surface area contributed by atoms with Crippen molar-refractivity contribution in [3.05, 3.63) is 35.7 Å². The molecule has 1 aliphatic heterocycles. The van der Waals surface area contributed by atoms with E-state index in [1.165, 1.54) is 17.3 Å². The van der Waals surface area contributed by atoms with Gasteiger partial charge in [-0.15, -0.1) is 5.10 Å². The van der Waals surface area contributed by atoms with Gasteiger partial charge in [0, 0.05) is 18.7 Å². The van der Waals surface area contributed by atoms with Crippen LogP contribution in [0.15, 0.2) is 29.4 Å². The fourth-order valence-corrected chi connectivity index (χ4v) is 3.48. The number of anilines is 1. The molecule has 3 rings (SSSR count). The highest BCUT2D eigenvalue weighted by Crippen LogP contribution is 2.30. The van der Waals surface area contributed by atoms with Crippen molar-refractivity contribution in [2.75, 3.05) is 11.4 Å². The number of thioether (sulfide) groups is 1. The van der Waals surface area contributed by atoms with Crippen LogP contribution < -0.4 is 4.90 Å². The van der Waals surface area contributed by atoms with Crippen molar-refractivity contribution in [3.63, 3.8) is 0 Å². The van der Waals surface area contributed by atoms with Crippen molar-refractivity contribution >= 4 is 23.4 Å². The van der Waals surface area contributed by atoms with Gasteiger partial charge in [0.2, 0.25) is 11.1 Å². The Balaban J connectivity index is 1.73. The largest absolute Gasteiger partial charge is 0.311 e. The third kappa shape index (κ3) is 3.02. The number of amides is 1. The number of rotatable bonds is 4. The highest BCUT2D eigenvalue weighted by atomic mass is 32.2. The zero-order chi connectivity index (χ0) is 15.5. The molecule has 5 nitrogen and oxygen atoms in total. The summed E-state index contributed by atoms with van der Waals surface area (Å²) >= 11 is 1.41. The Bertz CT molecular complexity index is 670. The first-order valence-electron chi connectivity index (χ1n) is 7.66. The lowest BCUT2D eigenvalue weighted by molar-refractivity contribution is -0.117. The third-order valence-corrected chi connectivity index (χ3v) is 4.80. The van der Waals surface area contributed by atoms with Gasteiger partial charge in [-0.25, -0.2) is 4.98 Å². The molecule has 1 aromatic carbocycles.